The molecule has 0 aliphatic rings. The Morgan fingerprint density at radius 3 is 2.70 bits per heavy atom. The predicted octanol–water partition coefficient (Wildman–Crippen LogP) is 2.22. The second kappa shape index (κ2) is 7.96. The van der Waals surface area contributed by atoms with Crippen LogP contribution in [0.15, 0.2) is 22.7 Å². The second-order valence-electron chi connectivity index (χ2n) is 4.65. The minimum Gasteiger partial charge on any atom is -0.355 e. The maximum atomic E-state index is 11.3. The van der Waals surface area contributed by atoms with Gasteiger partial charge >= 0.3 is 0 Å². The standard InChI is InChI=1S/C13H18BrN3O3/c1-9(2)13(18)16-6-5-15-8-10-7-11(14)3-4-12(10)17(19)20/h3-4,7,9,15H,5-6,8H2,1-2H3,(H,16,18). The molecule has 0 aliphatic carbocycles. The van der Waals surface area contributed by atoms with E-state index >= 15 is 0 Å². The first-order valence-corrected chi connectivity index (χ1v) is 7.12. The molecule has 0 aromatic heterocycles. The average Bonchev–Trinajstić information content (AvgIpc) is 2.37. The largest absolute Gasteiger partial charge is 0.355 e. The van der Waals surface area contributed by atoms with Gasteiger partial charge in [-0.2, -0.15) is 0 Å². The van der Waals surface area contributed by atoms with Gasteiger partial charge in [-0.3, -0.25) is 14.9 Å². The highest BCUT2D eigenvalue weighted by Crippen LogP contribution is 2.22. The first-order chi connectivity index (χ1) is 9.41. The lowest BCUT2D eigenvalue weighted by atomic mass is 10.2. The van der Waals surface area contributed by atoms with Crippen LogP contribution in [0.5, 0.6) is 0 Å². The van der Waals surface area contributed by atoms with E-state index in [9.17, 15) is 14.9 Å². The Morgan fingerprint density at radius 2 is 2.10 bits per heavy atom. The molecule has 0 bridgehead atoms. The quantitative estimate of drug-likeness (QED) is 0.451. The molecule has 7 heteroatoms. The van der Waals surface area contributed by atoms with Crippen molar-refractivity contribution < 1.29 is 9.72 Å². The molecule has 20 heavy (non-hydrogen) atoms. The zero-order valence-corrected chi connectivity index (χ0v) is 13.1. The van der Waals surface area contributed by atoms with E-state index in [1.165, 1.54) is 6.07 Å². The first-order valence-electron chi connectivity index (χ1n) is 6.33. The Bertz CT molecular complexity index is 492. The third-order valence-electron chi connectivity index (χ3n) is 2.68. The molecule has 0 spiro atoms. The molecular formula is C13H18BrN3O3. The number of nitrogens with zero attached hydrogens (tertiary/aromatic N) is 1. The van der Waals surface area contributed by atoms with Gasteiger partial charge in [-0.25, -0.2) is 0 Å². The summed E-state index contributed by atoms with van der Waals surface area (Å²) in [6, 6.07) is 4.84. The second-order valence-corrected chi connectivity index (χ2v) is 5.57. The van der Waals surface area contributed by atoms with Gasteiger partial charge in [-0.1, -0.05) is 29.8 Å². The Hall–Kier alpha value is -1.47. The van der Waals surface area contributed by atoms with Crippen molar-refractivity contribution in [2.75, 3.05) is 13.1 Å². The smallest absolute Gasteiger partial charge is 0.273 e. The molecule has 0 radical (unpaired) electrons. The molecule has 0 atom stereocenters. The lowest BCUT2D eigenvalue weighted by molar-refractivity contribution is -0.385. The molecule has 0 heterocycles. The van der Waals surface area contributed by atoms with Crippen LogP contribution in [0.1, 0.15) is 19.4 Å². The number of carbonyl (C=O) groups is 1. The fraction of sp³-hybridized carbons (Fsp3) is 0.462. The Labute approximate surface area is 126 Å². The predicted molar refractivity (Wildman–Crippen MR) is 80.4 cm³/mol. The first kappa shape index (κ1) is 16.6. The Morgan fingerprint density at radius 1 is 1.40 bits per heavy atom. The van der Waals surface area contributed by atoms with Crippen LogP contribution in [0, 0.1) is 16.0 Å². The van der Waals surface area contributed by atoms with Gasteiger partial charge in [-0.15, -0.1) is 0 Å². The normalized spacial score (nSPS) is 10.6. The maximum Gasteiger partial charge on any atom is 0.273 e. The number of hydrogen-bond donors (Lipinski definition) is 2. The summed E-state index contributed by atoms with van der Waals surface area (Å²) in [7, 11) is 0. The summed E-state index contributed by atoms with van der Waals surface area (Å²) in [6.07, 6.45) is 0. The molecule has 1 amide bonds. The number of hydrogen-bond acceptors (Lipinski definition) is 4. The number of nitro groups is 1. The SMILES string of the molecule is CC(C)C(=O)NCCNCc1cc(Br)ccc1[N+](=O)[O-]. The van der Waals surface area contributed by atoms with Crippen LogP contribution in [0.4, 0.5) is 5.69 Å². The molecule has 1 aromatic rings. The number of nitro benzene ring substituents is 1. The van der Waals surface area contributed by atoms with Gasteiger partial charge in [0, 0.05) is 41.7 Å². The van der Waals surface area contributed by atoms with E-state index in [0.29, 0.717) is 25.2 Å². The van der Waals surface area contributed by atoms with Crippen molar-refractivity contribution in [3.05, 3.63) is 38.3 Å². The lowest BCUT2D eigenvalue weighted by Gasteiger charge is -2.09. The summed E-state index contributed by atoms with van der Waals surface area (Å²) in [4.78, 5) is 21.8. The van der Waals surface area contributed by atoms with Gasteiger partial charge in [0.05, 0.1) is 4.92 Å². The van der Waals surface area contributed by atoms with Crippen molar-refractivity contribution in [3.8, 4) is 0 Å². The summed E-state index contributed by atoms with van der Waals surface area (Å²) >= 11 is 3.30. The third kappa shape index (κ3) is 5.26. The lowest BCUT2D eigenvalue weighted by Crippen LogP contribution is -2.34. The molecule has 0 saturated carbocycles. The van der Waals surface area contributed by atoms with Crippen LogP contribution in [-0.4, -0.2) is 23.9 Å². The van der Waals surface area contributed by atoms with Crippen LogP contribution in [0.2, 0.25) is 0 Å². The van der Waals surface area contributed by atoms with Gasteiger partial charge in [0.25, 0.3) is 5.69 Å². The van der Waals surface area contributed by atoms with E-state index < -0.39 is 4.92 Å². The number of halogens is 1. The van der Waals surface area contributed by atoms with E-state index in [0.717, 1.165) is 4.47 Å². The summed E-state index contributed by atoms with van der Waals surface area (Å²) in [6.45, 7) is 5.09. The highest BCUT2D eigenvalue weighted by Gasteiger charge is 2.13. The van der Waals surface area contributed by atoms with Crippen LogP contribution in [-0.2, 0) is 11.3 Å². The summed E-state index contributed by atoms with van der Waals surface area (Å²) in [5, 5.41) is 16.7. The fourth-order valence-electron chi connectivity index (χ4n) is 1.58. The maximum absolute atomic E-state index is 11.3. The van der Waals surface area contributed by atoms with Crippen LogP contribution >= 0.6 is 15.9 Å². The van der Waals surface area contributed by atoms with Crippen LogP contribution in [0.25, 0.3) is 0 Å². The number of carbonyl (C=O) groups excluding carboxylic acids is 1. The van der Waals surface area contributed by atoms with Gasteiger partial charge < -0.3 is 10.6 Å². The van der Waals surface area contributed by atoms with Gasteiger partial charge in [0.1, 0.15) is 0 Å². The molecule has 0 saturated heterocycles. The molecule has 110 valence electrons. The number of amides is 1. The van der Waals surface area contributed by atoms with Crippen molar-refractivity contribution in [1.82, 2.24) is 10.6 Å². The molecule has 2 N–H and O–H groups in total. The van der Waals surface area contributed by atoms with Crippen molar-refractivity contribution in [2.45, 2.75) is 20.4 Å². The zero-order valence-electron chi connectivity index (χ0n) is 11.5. The highest BCUT2D eigenvalue weighted by atomic mass is 79.9. The number of benzene rings is 1. The van der Waals surface area contributed by atoms with Crippen LogP contribution < -0.4 is 10.6 Å². The molecule has 6 nitrogen and oxygen atoms in total. The van der Waals surface area contributed by atoms with E-state index in [-0.39, 0.29) is 17.5 Å². The molecular weight excluding hydrogens is 326 g/mol. The van der Waals surface area contributed by atoms with E-state index in [2.05, 4.69) is 26.6 Å². The van der Waals surface area contributed by atoms with E-state index in [1.54, 1.807) is 12.1 Å². The summed E-state index contributed by atoms with van der Waals surface area (Å²) < 4.78 is 0.799. The third-order valence-corrected chi connectivity index (χ3v) is 3.17. The van der Waals surface area contributed by atoms with Crippen molar-refractivity contribution >= 4 is 27.5 Å². The molecule has 1 aromatic carbocycles. The van der Waals surface area contributed by atoms with Gasteiger partial charge in [-0.05, 0) is 12.1 Å². The van der Waals surface area contributed by atoms with Crippen molar-refractivity contribution in [3.63, 3.8) is 0 Å². The van der Waals surface area contributed by atoms with Crippen molar-refractivity contribution in [1.29, 1.82) is 0 Å². The van der Waals surface area contributed by atoms with Crippen molar-refractivity contribution in [2.24, 2.45) is 5.92 Å². The minimum atomic E-state index is -0.399. The zero-order chi connectivity index (χ0) is 15.1. The summed E-state index contributed by atoms with van der Waals surface area (Å²) in [5.74, 6) is -0.0404. The Kier molecular flexibility index (Phi) is 6.60. The minimum absolute atomic E-state index is 0.000219. The topological polar surface area (TPSA) is 84.3 Å². The average molecular weight is 344 g/mol. The van der Waals surface area contributed by atoms with Gasteiger partial charge in [0.2, 0.25) is 5.91 Å². The van der Waals surface area contributed by atoms with Crippen LogP contribution in [0.3, 0.4) is 0 Å². The molecule has 0 unspecified atom stereocenters. The summed E-state index contributed by atoms with van der Waals surface area (Å²) in [5.41, 5.74) is 0.700. The van der Waals surface area contributed by atoms with Gasteiger partial charge in [0.15, 0.2) is 0 Å². The van der Waals surface area contributed by atoms with E-state index in [1.807, 2.05) is 13.8 Å². The van der Waals surface area contributed by atoms with E-state index in [4.69, 9.17) is 0 Å². The number of rotatable bonds is 7. The molecule has 1 rings (SSSR count). The monoisotopic (exact) mass is 343 g/mol. The Balaban J connectivity index is 2.44. The fourth-order valence-corrected chi connectivity index (χ4v) is 1.98. The number of nitrogens with one attached hydrogen (secondary N) is 2. The molecule has 0 aliphatic heterocycles. The molecule has 0 fully saturated rings. The highest BCUT2D eigenvalue weighted by molar-refractivity contribution is 9.10.